The van der Waals surface area contributed by atoms with E-state index in [0.29, 0.717) is 5.75 Å². The van der Waals surface area contributed by atoms with Crippen molar-refractivity contribution in [2.24, 2.45) is 11.1 Å². The van der Waals surface area contributed by atoms with Gasteiger partial charge in [-0.05, 0) is 62.9 Å². The Hall–Kier alpha value is 0.400. The van der Waals surface area contributed by atoms with Crippen molar-refractivity contribution in [3.63, 3.8) is 0 Å². The van der Waals surface area contributed by atoms with Crippen LogP contribution in [0.1, 0.15) is 25.5 Å². The molecule has 1 aromatic carbocycles. The van der Waals surface area contributed by atoms with Crippen molar-refractivity contribution in [1.29, 1.82) is 0 Å². The van der Waals surface area contributed by atoms with Gasteiger partial charge in [0.1, 0.15) is 5.75 Å². The molecule has 90 valence electrons. The molecule has 0 bridgehead atoms. The average Bonchev–Trinajstić information content (AvgIpc) is 2.24. The summed E-state index contributed by atoms with van der Waals surface area (Å²) >= 11 is 4.15. The molecule has 0 amide bonds. The minimum atomic E-state index is -0.372. The normalized spacial score (nSPS) is 13.9. The molecule has 0 radical (unpaired) electrons. The number of aliphatic hydroxyl groups excluding tert-OH is 1. The van der Waals surface area contributed by atoms with Crippen LogP contribution in [0.25, 0.3) is 0 Å². The highest BCUT2D eigenvalue weighted by atomic mass is 127. The molecule has 0 heterocycles. The number of phenolic OH excluding ortho intramolecular Hbond substituents is 1. The second-order valence-corrected chi connectivity index (χ2v) is 6.78. The van der Waals surface area contributed by atoms with Crippen molar-refractivity contribution in [3.05, 3.63) is 24.8 Å². The fourth-order valence-electron chi connectivity index (χ4n) is 1.31. The van der Waals surface area contributed by atoms with Gasteiger partial charge in [0.25, 0.3) is 0 Å². The van der Waals surface area contributed by atoms with E-state index >= 15 is 0 Å². The Bertz CT molecular complexity index is 371. The quantitative estimate of drug-likeness (QED) is 0.625. The maximum absolute atomic E-state index is 9.67. The molecule has 0 unspecified atom stereocenters. The molecule has 0 aliphatic carbocycles. The van der Waals surface area contributed by atoms with Crippen molar-refractivity contribution in [2.75, 3.05) is 6.61 Å². The number of aromatic hydroxyl groups is 1. The number of rotatable bonds is 3. The van der Waals surface area contributed by atoms with Gasteiger partial charge < -0.3 is 15.9 Å². The number of phenols is 1. The van der Waals surface area contributed by atoms with Gasteiger partial charge in [-0.3, -0.25) is 0 Å². The van der Waals surface area contributed by atoms with E-state index in [0.717, 1.165) is 12.7 Å². The van der Waals surface area contributed by atoms with Crippen molar-refractivity contribution in [3.8, 4) is 5.75 Å². The minimum Gasteiger partial charge on any atom is -0.506 e. The SMILES string of the molecule is CC(C)(CO)[C@H](N)c1cc(I)c(O)c(I)c1. The van der Waals surface area contributed by atoms with Crippen molar-refractivity contribution in [1.82, 2.24) is 0 Å². The molecule has 0 saturated carbocycles. The van der Waals surface area contributed by atoms with E-state index in [1.165, 1.54) is 0 Å². The predicted molar refractivity (Wildman–Crippen MR) is 81.3 cm³/mol. The minimum absolute atomic E-state index is 0.0300. The molecule has 0 saturated heterocycles. The highest BCUT2D eigenvalue weighted by Crippen LogP contribution is 2.35. The first-order valence-electron chi connectivity index (χ1n) is 4.84. The zero-order valence-corrected chi connectivity index (χ0v) is 13.5. The molecule has 4 N–H and O–H groups in total. The lowest BCUT2D eigenvalue weighted by Gasteiger charge is -2.30. The smallest absolute Gasteiger partial charge is 0.142 e. The van der Waals surface area contributed by atoms with E-state index in [-0.39, 0.29) is 18.1 Å². The molecule has 16 heavy (non-hydrogen) atoms. The second-order valence-electron chi connectivity index (χ2n) is 4.46. The zero-order chi connectivity index (χ0) is 12.5. The first-order valence-corrected chi connectivity index (χ1v) is 6.99. The standard InChI is InChI=1S/C11H15I2NO2/c1-11(2,5-15)10(14)6-3-7(12)9(16)8(13)4-6/h3-4,10,15-16H,5,14H2,1-2H3/t10-/m1/s1. The second kappa shape index (κ2) is 5.36. The lowest BCUT2D eigenvalue weighted by Crippen LogP contribution is -2.32. The molecule has 3 nitrogen and oxygen atoms in total. The molecule has 0 aliphatic heterocycles. The van der Waals surface area contributed by atoms with Crippen LogP contribution in [0, 0.1) is 12.6 Å². The third kappa shape index (κ3) is 2.99. The van der Waals surface area contributed by atoms with E-state index in [1.807, 2.05) is 26.0 Å². The molecule has 0 aliphatic rings. The number of aliphatic hydroxyl groups is 1. The van der Waals surface area contributed by atoms with Crippen LogP contribution in [0.3, 0.4) is 0 Å². The summed E-state index contributed by atoms with van der Waals surface area (Å²) in [6.07, 6.45) is 0. The van der Waals surface area contributed by atoms with Crippen LogP contribution >= 0.6 is 45.2 Å². The van der Waals surface area contributed by atoms with E-state index in [9.17, 15) is 10.2 Å². The van der Waals surface area contributed by atoms with E-state index in [2.05, 4.69) is 45.2 Å². The summed E-state index contributed by atoms with van der Waals surface area (Å²) in [5.74, 6) is 0.291. The Labute approximate surface area is 123 Å². The molecular formula is C11H15I2NO2. The predicted octanol–water partition coefficient (Wildman–Crippen LogP) is 2.62. The van der Waals surface area contributed by atoms with Crippen molar-refractivity contribution >= 4 is 45.2 Å². The van der Waals surface area contributed by atoms with Gasteiger partial charge in [0.15, 0.2) is 0 Å². The van der Waals surface area contributed by atoms with Gasteiger partial charge >= 0.3 is 0 Å². The third-order valence-corrected chi connectivity index (χ3v) is 4.29. The Morgan fingerprint density at radius 1 is 1.31 bits per heavy atom. The van der Waals surface area contributed by atoms with Gasteiger partial charge in [-0.2, -0.15) is 0 Å². The summed E-state index contributed by atoms with van der Waals surface area (Å²) in [5, 5.41) is 19.0. The van der Waals surface area contributed by atoms with Gasteiger partial charge in [0.2, 0.25) is 0 Å². The zero-order valence-electron chi connectivity index (χ0n) is 9.17. The highest BCUT2D eigenvalue weighted by Gasteiger charge is 2.27. The van der Waals surface area contributed by atoms with Gasteiger partial charge in [-0.1, -0.05) is 13.8 Å². The van der Waals surface area contributed by atoms with Crippen LogP contribution in [-0.4, -0.2) is 16.8 Å². The number of hydrogen-bond donors (Lipinski definition) is 3. The fraction of sp³-hybridized carbons (Fsp3) is 0.455. The largest absolute Gasteiger partial charge is 0.506 e. The molecule has 1 atom stereocenters. The lowest BCUT2D eigenvalue weighted by atomic mass is 9.82. The Balaban J connectivity index is 3.15. The van der Waals surface area contributed by atoms with Gasteiger partial charge in [-0.25, -0.2) is 0 Å². The molecule has 0 aromatic heterocycles. The Morgan fingerprint density at radius 3 is 2.12 bits per heavy atom. The first kappa shape index (κ1) is 14.5. The van der Waals surface area contributed by atoms with E-state index in [1.54, 1.807) is 0 Å². The fourth-order valence-corrected chi connectivity index (χ4v) is 3.13. The average molecular weight is 447 g/mol. The maximum Gasteiger partial charge on any atom is 0.142 e. The number of benzene rings is 1. The van der Waals surface area contributed by atoms with Crippen LogP contribution in [0.2, 0.25) is 0 Å². The van der Waals surface area contributed by atoms with Crippen LogP contribution in [0.4, 0.5) is 0 Å². The Kier molecular flexibility index (Phi) is 4.85. The number of halogens is 2. The molecule has 0 fully saturated rings. The number of nitrogens with two attached hydrogens (primary N) is 1. The van der Waals surface area contributed by atoms with Crippen LogP contribution in [0.5, 0.6) is 5.75 Å². The number of hydrogen-bond acceptors (Lipinski definition) is 3. The van der Waals surface area contributed by atoms with Gasteiger partial charge in [0, 0.05) is 18.1 Å². The van der Waals surface area contributed by atoms with Crippen molar-refractivity contribution < 1.29 is 10.2 Å². The molecule has 1 aromatic rings. The summed E-state index contributed by atoms with van der Waals surface area (Å²) in [4.78, 5) is 0. The topological polar surface area (TPSA) is 66.5 Å². The molecule has 1 rings (SSSR count). The van der Waals surface area contributed by atoms with E-state index in [4.69, 9.17) is 5.73 Å². The highest BCUT2D eigenvalue weighted by molar-refractivity contribution is 14.1. The third-order valence-electron chi connectivity index (χ3n) is 2.65. The summed E-state index contributed by atoms with van der Waals surface area (Å²) < 4.78 is 1.56. The maximum atomic E-state index is 9.67. The van der Waals surface area contributed by atoms with Gasteiger partial charge in [-0.15, -0.1) is 0 Å². The van der Waals surface area contributed by atoms with Crippen LogP contribution in [-0.2, 0) is 0 Å². The van der Waals surface area contributed by atoms with Crippen LogP contribution in [0.15, 0.2) is 12.1 Å². The summed E-state index contributed by atoms with van der Waals surface area (Å²) in [7, 11) is 0. The molecule has 5 heteroatoms. The first-order chi connectivity index (χ1) is 7.29. The lowest BCUT2D eigenvalue weighted by molar-refractivity contribution is 0.132. The molecular weight excluding hydrogens is 432 g/mol. The summed E-state index contributed by atoms with van der Waals surface area (Å²) in [6.45, 7) is 3.87. The summed E-state index contributed by atoms with van der Waals surface area (Å²) in [5.41, 5.74) is 6.69. The Morgan fingerprint density at radius 2 is 1.75 bits per heavy atom. The van der Waals surface area contributed by atoms with Crippen molar-refractivity contribution in [2.45, 2.75) is 19.9 Å². The summed E-state index contributed by atoms with van der Waals surface area (Å²) in [6, 6.07) is 3.47. The monoisotopic (exact) mass is 447 g/mol. The van der Waals surface area contributed by atoms with E-state index < -0.39 is 0 Å². The molecule has 0 spiro atoms. The van der Waals surface area contributed by atoms with Crippen LogP contribution < -0.4 is 5.73 Å². The van der Waals surface area contributed by atoms with Gasteiger partial charge in [0.05, 0.1) is 7.14 Å².